The van der Waals surface area contributed by atoms with E-state index in [4.69, 9.17) is 14.7 Å². The number of rotatable bonds is 5. The molecule has 25 heavy (non-hydrogen) atoms. The van der Waals surface area contributed by atoms with Gasteiger partial charge < -0.3 is 14.8 Å². The molecule has 0 unspecified atom stereocenters. The summed E-state index contributed by atoms with van der Waals surface area (Å²) < 4.78 is 10.7. The third-order valence-corrected chi connectivity index (χ3v) is 4.17. The Morgan fingerprint density at radius 1 is 1.28 bits per heavy atom. The van der Waals surface area contributed by atoms with E-state index in [1.54, 1.807) is 24.3 Å². The topological polar surface area (TPSA) is 74.6 Å². The van der Waals surface area contributed by atoms with Crippen molar-refractivity contribution in [1.29, 1.82) is 5.26 Å². The van der Waals surface area contributed by atoms with Crippen LogP contribution >= 0.6 is 0 Å². The molecule has 0 saturated carbocycles. The van der Waals surface area contributed by atoms with Gasteiger partial charge in [-0.2, -0.15) is 5.26 Å². The summed E-state index contributed by atoms with van der Waals surface area (Å²) in [6.45, 7) is 2.69. The summed E-state index contributed by atoms with van der Waals surface area (Å²) in [5.74, 6) is 1.35. The van der Waals surface area contributed by atoms with E-state index in [0.29, 0.717) is 17.8 Å². The highest BCUT2D eigenvalue weighted by Crippen LogP contribution is 2.32. The molecule has 2 aromatic carbocycles. The average Bonchev–Trinajstić information content (AvgIpc) is 3.08. The number of amides is 1. The number of nitriles is 1. The Hall–Kier alpha value is -3.04. The van der Waals surface area contributed by atoms with Gasteiger partial charge in [0.15, 0.2) is 11.5 Å². The molecule has 0 spiro atoms. The second-order valence-corrected chi connectivity index (χ2v) is 5.96. The molecule has 0 bridgehead atoms. The number of carbonyl (C=O) groups is 1. The van der Waals surface area contributed by atoms with Gasteiger partial charge in [-0.05, 0) is 49.9 Å². The van der Waals surface area contributed by atoms with Crippen LogP contribution in [-0.4, -0.2) is 30.7 Å². The van der Waals surface area contributed by atoms with Crippen LogP contribution in [0.25, 0.3) is 0 Å². The van der Waals surface area contributed by atoms with E-state index < -0.39 is 0 Å². The van der Waals surface area contributed by atoms with E-state index in [0.717, 1.165) is 17.1 Å². The number of fused-ring (bicyclic) bond motifs is 1. The first-order valence-electron chi connectivity index (χ1n) is 7.96. The third kappa shape index (κ3) is 3.90. The molecule has 0 radical (unpaired) electrons. The molecule has 1 N–H and O–H groups in total. The van der Waals surface area contributed by atoms with E-state index in [9.17, 15) is 4.79 Å². The standard InChI is InChI=1S/C19H19N3O3/c1-13(19(23)21-16-5-3-4-14(8-16)10-20)22(2)11-15-6-7-17-18(9-15)25-12-24-17/h3-9,13H,11-12H2,1-2H3,(H,21,23)/t13-/m1/s1. The Labute approximate surface area is 146 Å². The zero-order chi connectivity index (χ0) is 17.8. The van der Waals surface area contributed by atoms with Gasteiger partial charge in [-0.15, -0.1) is 0 Å². The van der Waals surface area contributed by atoms with Crippen LogP contribution in [-0.2, 0) is 11.3 Å². The van der Waals surface area contributed by atoms with Crippen LogP contribution < -0.4 is 14.8 Å². The number of carbonyl (C=O) groups excluding carboxylic acids is 1. The molecule has 0 saturated heterocycles. The van der Waals surface area contributed by atoms with Gasteiger partial charge in [-0.1, -0.05) is 12.1 Å². The SMILES string of the molecule is C[C@H](C(=O)Nc1cccc(C#N)c1)N(C)Cc1ccc2c(c1)OCO2. The van der Waals surface area contributed by atoms with Gasteiger partial charge in [0.25, 0.3) is 0 Å². The predicted molar refractivity (Wildman–Crippen MR) is 93.3 cm³/mol. The minimum atomic E-state index is -0.337. The van der Waals surface area contributed by atoms with Crippen molar-refractivity contribution in [3.05, 3.63) is 53.6 Å². The molecule has 0 aliphatic carbocycles. The zero-order valence-electron chi connectivity index (χ0n) is 14.2. The molecular formula is C19H19N3O3. The maximum absolute atomic E-state index is 12.5. The van der Waals surface area contributed by atoms with Crippen LogP contribution in [0.4, 0.5) is 5.69 Å². The van der Waals surface area contributed by atoms with Gasteiger partial charge in [0.05, 0.1) is 17.7 Å². The average molecular weight is 337 g/mol. The van der Waals surface area contributed by atoms with Crippen molar-refractivity contribution in [2.24, 2.45) is 0 Å². The van der Waals surface area contributed by atoms with Crippen molar-refractivity contribution >= 4 is 11.6 Å². The maximum atomic E-state index is 12.5. The molecule has 0 aromatic heterocycles. The molecule has 1 aliphatic rings. The minimum Gasteiger partial charge on any atom is -0.454 e. The summed E-state index contributed by atoms with van der Waals surface area (Å²) in [6.07, 6.45) is 0. The van der Waals surface area contributed by atoms with Gasteiger partial charge in [0.1, 0.15) is 0 Å². The highest BCUT2D eigenvalue weighted by molar-refractivity contribution is 5.94. The number of nitrogens with zero attached hydrogens (tertiary/aromatic N) is 2. The highest BCUT2D eigenvalue weighted by Gasteiger charge is 2.20. The number of benzene rings is 2. The smallest absolute Gasteiger partial charge is 0.241 e. The first-order valence-corrected chi connectivity index (χ1v) is 7.96. The fourth-order valence-corrected chi connectivity index (χ4v) is 2.58. The maximum Gasteiger partial charge on any atom is 0.241 e. The van der Waals surface area contributed by atoms with Gasteiger partial charge >= 0.3 is 0 Å². The van der Waals surface area contributed by atoms with Crippen molar-refractivity contribution < 1.29 is 14.3 Å². The van der Waals surface area contributed by atoms with Gasteiger partial charge in [0.2, 0.25) is 12.7 Å². The van der Waals surface area contributed by atoms with Gasteiger partial charge in [-0.3, -0.25) is 9.69 Å². The van der Waals surface area contributed by atoms with Crippen molar-refractivity contribution in [3.8, 4) is 17.6 Å². The van der Waals surface area contributed by atoms with Crippen LogP contribution in [0, 0.1) is 11.3 Å². The molecule has 1 atom stereocenters. The largest absolute Gasteiger partial charge is 0.454 e. The molecule has 1 heterocycles. The lowest BCUT2D eigenvalue weighted by Gasteiger charge is -2.24. The van der Waals surface area contributed by atoms with Crippen molar-refractivity contribution in [2.45, 2.75) is 19.5 Å². The van der Waals surface area contributed by atoms with Crippen LogP contribution in [0.15, 0.2) is 42.5 Å². The molecular weight excluding hydrogens is 318 g/mol. The summed E-state index contributed by atoms with van der Waals surface area (Å²) in [5.41, 5.74) is 2.17. The number of nitrogens with one attached hydrogen (secondary N) is 1. The van der Waals surface area contributed by atoms with Crippen molar-refractivity contribution in [2.75, 3.05) is 19.2 Å². The van der Waals surface area contributed by atoms with Crippen molar-refractivity contribution in [1.82, 2.24) is 4.90 Å². The summed E-state index contributed by atoms with van der Waals surface area (Å²) in [7, 11) is 1.89. The molecule has 0 fully saturated rings. The monoisotopic (exact) mass is 337 g/mol. The quantitative estimate of drug-likeness (QED) is 0.908. The number of hydrogen-bond acceptors (Lipinski definition) is 5. The summed E-state index contributed by atoms with van der Waals surface area (Å²) in [4.78, 5) is 14.4. The Bertz CT molecular complexity index is 829. The molecule has 3 rings (SSSR count). The third-order valence-electron chi connectivity index (χ3n) is 4.17. The predicted octanol–water partition coefficient (Wildman–Crippen LogP) is 2.75. The van der Waals surface area contributed by atoms with Gasteiger partial charge in [0, 0.05) is 12.2 Å². The van der Waals surface area contributed by atoms with Crippen LogP contribution in [0.1, 0.15) is 18.1 Å². The summed E-state index contributed by atoms with van der Waals surface area (Å²) >= 11 is 0. The Kier molecular flexibility index (Phi) is 4.87. The van der Waals surface area contributed by atoms with Crippen LogP contribution in [0.5, 0.6) is 11.5 Å². The lowest BCUT2D eigenvalue weighted by Crippen LogP contribution is -2.39. The second kappa shape index (κ2) is 7.24. The normalized spacial score (nSPS) is 13.4. The first-order chi connectivity index (χ1) is 12.1. The van der Waals surface area contributed by atoms with Crippen LogP contribution in [0.3, 0.4) is 0 Å². The number of hydrogen-bond donors (Lipinski definition) is 1. The zero-order valence-corrected chi connectivity index (χ0v) is 14.2. The van der Waals surface area contributed by atoms with Gasteiger partial charge in [-0.25, -0.2) is 0 Å². The van der Waals surface area contributed by atoms with E-state index in [1.165, 1.54) is 0 Å². The molecule has 1 aliphatic heterocycles. The van der Waals surface area contributed by atoms with Crippen molar-refractivity contribution in [3.63, 3.8) is 0 Å². The highest BCUT2D eigenvalue weighted by atomic mass is 16.7. The summed E-state index contributed by atoms with van der Waals surface area (Å²) in [6, 6.07) is 14.4. The molecule has 6 heteroatoms. The van der Waals surface area contributed by atoms with Crippen LogP contribution in [0.2, 0.25) is 0 Å². The Morgan fingerprint density at radius 3 is 2.88 bits per heavy atom. The first kappa shape index (κ1) is 16.8. The fourth-order valence-electron chi connectivity index (χ4n) is 2.58. The van der Waals surface area contributed by atoms with E-state index >= 15 is 0 Å². The molecule has 6 nitrogen and oxygen atoms in total. The molecule has 128 valence electrons. The lowest BCUT2D eigenvalue weighted by molar-refractivity contribution is -0.120. The minimum absolute atomic E-state index is 0.127. The van der Waals surface area contributed by atoms with E-state index in [2.05, 4.69) is 11.4 Å². The second-order valence-electron chi connectivity index (χ2n) is 5.96. The summed E-state index contributed by atoms with van der Waals surface area (Å²) in [5, 5.41) is 11.8. The molecule has 1 amide bonds. The number of anilines is 1. The number of ether oxygens (including phenoxy) is 2. The van der Waals surface area contributed by atoms with E-state index in [-0.39, 0.29) is 18.7 Å². The Balaban J connectivity index is 1.62. The molecule has 2 aromatic rings. The van der Waals surface area contributed by atoms with E-state index in [1.807, 2.05) is 37.1 Å². The fraction of sp³-hybridized carbons (Fsp3) is 0.263. The lowest BCUT2D eigenvalue weighted by atomic mass is 10.1. The Morgan fingerprint density at radius 2 is 2.08 bits per heavy atom. The number of likely N-dealkylation sites (N-methyl/N-ethyl adjacent to an activating group) is 1.